The van der Waals surface area contributed by atoms with Crippen LogP contribution < -0.4 is 10.7 Å². The molecule has 0 spiro atoms. The van der Waals surface area contributed by atoms with Gasteiger partial charge in [-0.3, -0.25) is 20.2 Å². The van der Waals surface area contributed by atoms with Crippen molar-refractivity contribution in [2.75, 3.05) is 26.2 Å². The highest BCUT2D eigenvalue weighted by Gasteiger charge is 2.41. The van der Waals surface area contributed by atoms with Crippen LogP contribution >= 0.6 is 0 Å². The SMILES string of the molecule is CC[C@H](C)[C@@H](C(=O)N[C@@H](Cc1ccccc1)[C@@H](O)CN(Cc1ccc(-c2ccccn2)cc1)NC(=O)O[C@H]1CCOC1=O)N1CCN(Cc2cccc(C)n2)C1=O. The fraction of sp³-hybridized carbons (Fsp3) is 0.395. The summed E-state index contributed by atoms with van der Waals surface area (Å²) in [7, 11) is 0. The van der Waals surface area contributed by atoms with Gasteiger partial charge in [0, 0.05) is 50.1 Å². The maximum atomic E-state index is 14.4. The molecule has 14 nitrogen and oxygen atoms in total. The minimum atomic E-state index is -1.21. The van der Waals surface area contributed by atoms with Crippen LogP contribution in [0, 0.1) is 12.8 Å². The summed E-state index contributed by atoms with van der Waals surface area (Å²) in [4.78, 5) is 65.8. The highest BCUT2D eigenvalue weighted by Crippen LogP contribution is 2.24. The Balaban J connectivity index is 1.21. The van der Waals surface area contributed by atoms with Crippen molar-refractivity contribution in [3.8, 4) is 11.3 Å². The molecule has 2 aromatic heterocycles. The highest BCUT2D eigenvalue weighted by atomic mass is 16.6. The summed E-state index contributed by atoms with van der Waals surface area (Å²) in [6, 6.07) is 26.6. The van der Waals surface area contributed by atoms with E-state index in [9.17, 15) is 24.3 Å². The number of aliphatic hydroxyl groups excluding tert-OH is 1. The fourth-order valence-electron chi connectivity index (χ4n) is 7.15. The Morgan fingerprint density at radius 1 is 0.982 bits per heavy atom. The first-order valence-electron chi connectivity index (χ1n) is 19.5. The molecule has 0 aliphatic carbocycles. The number of benzene rings is 2. The normalized spacial score (nSPS) is 17.5. The van der Waals surface area contributed by atoms with Crippen LogP contribution in [0.3, 0.4) is 0 Å². The predicted octanol–water partition coefficient (Wildman–Crippen LogP) is 4.65. The van der Waals surface area contributed by atoms with Gasteiger partial charge in [-0.1, -0.05) is 87.0 Å². The second-order valence-electron chi connectivity index (χ2n) is 14.6. The summed E-state index contributed by atoms with van der Waals surface area (Å²) in [6.07, 6.45) is -0.253. The number of amides is 4. The molecule has 300 valence electrons. The third-order valence-electron chi connectivity index (χ3n) is 10.4. The van der Waals surface area contributed by atoms with Gasteiger partial charge in [-0.15, -0.1) is 0 Å². The van der Waals surface area contributed by atoms with E-state index < -0.39 is 36.4 Å². The molecule has 0 saturated carbocycles. The molecule has 4 amide bonds. The van der Waals surface area contributed by atoms with Crippen LogP contribution in [0.5, 0.6) is 0 Å². The second-order valence-corrected chi connectivity index (χ2v) is 14.6. The zero-order valence-electron chi connectivity index (χ0n) is 32.6. The van der Waals surface area contributed by atoms with Gasteiger partial charge in [0.05, 0.1) is 36.7 Å². The number of rotatable bonds is 17. The summed E-state index contributed by atoms with van der Waals surface area (Å²) in [5.41, 5.74) is 7.74. The van der Waals surface area contributed by atoms with Crippen LogP contribution in [-0.2, 0) is 38.6 Å². The van der Waals surface area contributed by atoms with Crippen LogP contribution in [0.2, 0.25) is 0 Å². The number of hydrazine groups is 1. The lowest BCUT2D eigenvalue weighted by molar-refractivity contribution is -0.144. The molecule has 14 heteroatoms. The Morgan fingerprint density at radius 3 is 2.44 bits per heavy atom. The van der Waals surface area contributed by atoms with Crippen molar-refractivity contribution in [2.24, 2.45) is 5.92 Å². The molecule has 57 heavy (non-hydrogen) atoms. The molecule has 3 N–H and O–H groups in total. The Hall–Kier alpha value is -5.86. The molecule has 6 rings (SSSR count). The monoisotopic (exact) mass is 777 g/mol. The third kappa shape index (κ3) is 10.9. The van der Waals surface area contributed by atoms with Gasteiger partial charge in [-0.2, -0.15) is 0 Å². The number of pyridine rings is 2. The largest absolute Gasteiger partial charge is 0.463 e. The van der Waals surface area contributed by atoms with Crippen LogP contribution in [0.15, 0.2) is 97.2 Å². The molecular weight excluding hydrogens is 727 g/mol. The molecule has 2 aliphatic rings. The molecule has 0 radical (unpaired) electrons. The van der Waals surface area contributed by atoms with Gasteiger partial charge in [-0.25, -0.2) is 19.4 Å². The Kier molecular flexibility index (Phi) is 13.8. The number of aliphatic hydroxyl groups is 1. The van der Waals surface area contributed by atoms with E-state index in [-0.39, 0.29) is 50.4 Å². The van der Waals surface area contributed by atoms with Crippen LogP contribution in [-0.4, -0.2) is 104 Å². The van der Waals surface area contributed by atoms with Gasteiger partial charge < -0.3 is 29.7 Å². The Bertz CT molecular complexity index is 1970. The number of hydrogen-bond donors (Lipinski definition) is 3. The molecule has 4 heterocycles. The Labute approximate surface area is 333 Å². The van der Waals surface area contributed by atoms with Gasteiger partial charge in [-0.05, 0) is 54.7 Å². The van der Waals surface area contributed by atoms with E-state index in [1.54, 1.807) is 16.0 Å². The van der Waals surface area contributed by atoms with Crippen molar-refractivity contribution in [3.63, 3.8) is 0 Å². The van der Waals surface area contributed by atoms with Crippen molar-refractivity contribution in [1.29, 1.82) is 0 Å². The Morgan fingerprint density at radius 2 is 1.75 bits per heavy atom. The summed E-state index contributed by atoms with van der Waals surface area (Å²) < 4.78 is 10.3. The number of ether oxygens (including phenoxy) is 2. The molecule has 4 aromatic rings. The van der Waals surface area contributed by atoms with E-state index >= 15 is 0 Å². The molecule has 5 atom stereocenters. The van der Waals surface area contributed by atoms with E-state index in [1.807, 2.05) is 112 Å². The van der Waals surface area contributed by atoms with E-state index in [0.29, 0.717) is 26.1 Å². The standard InChI is InChI=1S/C43H51N7O7/c1-4-29(2)39(50-23-22-48(43(50)55)27-34-14-10-11-30(3)45-34)40(52)46-36(25-31-12-6-5-7-13-31)37(51)28-49(47-42(54)57-38-20-24-56-41(38)53)26-32-16-18-33(19-17-32)35-15-8-9-21-44-35/h5-19,21,29,36-39,51H,4,20,22-28H2,1-3H3,(H,46,52)(H,47,54)/t29-,36-,37-,38-,39-/m0/s1. The minimum Gasteiger partial charge on any atom is -0.463 e. The van der Waals surface area contributed by atoms with Crippen molar-refractivity contribution in [2.45, 2.75) is 77.4 Å². The van der Waals surface area contributed by atoms with Crippen molar-refractivity contribution in [1.82, 2.24) is 35.5 Å². The van der Waals surface area contributed by atoms with E-state index in [1.165, 1.54) is 5.01 Å². The second kappa shape index (κ2) is 19.3. The zero-order valence-corrected chi connectivity index (χ0v) is 32.6. The minimum absolute atomic E-state index is 0.127. The maximum Gasteiger partial charge on any atom is 0.422 e. The molecular formula is C43H51N7O7. The van der Waals surface area contributed by atoms with E-state index in [4.69, 9.17) is 9.47 Å². The molecule has 2 fully saturated rings. The van der Waals surface area contributed by atoms with Crippen LogP contribution in [0.1, 0.15) is 49.2 Å². The number of hydrogen-bond acceptors (Lipinski definition) is 10. The van der Waals surface area contributed by atoms with Crippen LogP contribution in [0.25, 0.3) is 11.3 Å². The maximum absolute atomic E-state index is 14.4. The van der Waals surface area contributed by atoms with E-state index in [0.717, 1.165) is 33.8 Å². The lowest BCUT2D eigenvalue weighted by Gasteiger charge is -2.35. The topological polar surface area (TPSA) is 167 Å². The number of esters is 1. The predicted molar refractivity (Wildman–Crippen MR) is 212 cm³/mol. The van der Waals surface area contributed by atoms with Crippen LogP contribution in [0.4, 0.5) is 9.59 Å². The molecule has 2 saturated heterocycles. The number of nitrogens with zero attached hydrogens (tertiary/aromatic N) is 5. The van der Waals surface area contributed by atoms with Gasteiger partial charge in [0.2, 0.25) is 12.0 Å². The third-order valence-corrected chi connectivity index (χ3v) is 10.4. The van der Waals surface area contributed by atoms with Crippen molar-refractivity contribution in [3.05, 3.63) is 120 Å². The number of urea groups is 1. The number of cyclic esters (lactones) is 1. The number of carbonyl (C=O) groups excluding carboxylic acids is 4. The lowest BCUT2D eigenvalue weighted by atomic mass is 9.95. The van der Waals surface area contributed by atoms with Gasteiger partial charge >= 0.3 is 18.1 Å². The lowest BCUT2D eigenvalue weighted by Crippen LogP contribution is -2.58. The summed E-state index contributed by atoms with van der Waals surface area (Å²) in [5, 5.41) is 16.6. The van der Waals surface area contributed by atoms with Crippen molar-refractivity contribution >= 4 is 24.0 Å². The fourth-order valence-corrected chi connectivity index (χ4v) is 7.15. The summed E-state index contributed by atoms with van der Waals surface area (Å²) in [5.74, 6) is -1.18. The van der Waals surface area contributed by atoms with Crippen molar-refractivity contribution < 1.29 is 33.8 Å². The van der Waals surface area contributed by atoms with Gasteiger partial charge in [0.15, 0.2) is 0 Å². The number of aryl methyl sites for hydroxylation is 1. The number of carbonyl (C=O) groups is 4. The molecule has 2 aromatic carbocycles. The summed E-state index contributed by atoms with van der Waals surface area (Å²) >= 11 is 0. The van der Waals surface area contributed by atoms with Gasteiger partial charge in [0.25, 0.3) is 0 Å². The summed E-state index contributed by atoms with van der Waals surface area (Å²) in [6.45, 7) is 7.16. The smallest absolute Gasteiger partial charge is 0.422 e. The number of nitrogens with one attached hydrogen (secondary N) is 2. The number of aromatic nitrogens is 2. The first kappa shape index (κ1) is 40.8. The average Bonchev–Trinajstić information content (AvgIpc) is 3.78. The first-order chi connectivity index (χ1) is 27.6. The van der Waals surface area contributed by atoms with Gasteiger partial charge in [0.1, 0.15) is 6.04 Å². The molecule has 0 bridgehead atoms. The zero-order chi connectivity index (χ0) is 40.3. The first-order valence-corrected chi connectivity index (χ1v) is 19.5. The van der Waals surface area contributed by atoms with E-state index in [2.05, 4.69) is 20.7 Å². The molecule has 2 aliphatic heterocycles. The molecule has 0 unspecified atom stereocenters. The average molecular weight is 778 g/mol. The highest BCUT2D eigenvalue weighted by molar-refractivity contribution is 5.88. The quantitative estimate of drug-likeness (QED) is 0.102.